The predicted octanol–water partition coefficient (Wildman–Crippen LogP) is 3.94. The van der Waals surface area contributed by atoms with Crippen molar-refractivity contribution in [2.45, 2.75) is 44.2 Å². The molecule has 1 atom stereocenters. The number of hydrogen-bond donors (Lipinski definition) is 1. The van der Waals surface area contributed by atoms with Gasteiger partial charge in [0.15, 0.2) is 0 Å². The van der Waals surface area contributed by atoms with Gasteiger partial charge in [0.1, 0.15) is 5.84 Å². The van der Waals surface area contributed by atoms with E-state index >= 15 is 0 Å². The van der Waals surface area contributed by atoms with Gasteiger partial charge in [0.25, 0.3) is 0 Å². The van der Waals surface area contributed by atoms with Crippen molar-refractivity contribution in [3.63, 3.8) is 0 Å². The van der Waals surface area contributed by atoms with Gasteiger partial charge in [-0.2, -0.15) is 9.30 Å². The molecule has 33 heavy (non-hydrogen) atoms. The normalized spacial score (nSPS) is 18.5. The highest BCUT2D eigenvalue weighted by Crippen LogP contribution is 2.25. The molecule has 1 N–H and O–H groups in total. The molecule has 1 fully saturated rings. The summed E-state index contributed by atoms with van der Waals surface area (Å²) in [4.78, 5) is 16.3. The summed E-state index contributed by atoms with van der Waals surface area (Å²) in [7, 11) is -1.92. The van der Waals surface area contributed by atoms with Crippen molar-refractivity contribution < 1.29 is 8.42 Å². The van der Waals surface area contributed by atoms with E-state index in [1.54, 1.807) is 49.6 Å². The van der Waals surface area contributed by atoms with E-state index in [0.717, 1.165) is 32.5 Å². The van der Waals surface area contributed by atoms with Gasteiger partial charge in [-0.1, -0.05) is 6.07 Å². The van der Waals surface area contributed by atoms with Crippen LogP contribution in [0.25, 0.3) is 0 Å². The average molecular weight is 489 g/mol. The maximum absolute atomic E-state index is 13.3. The highest BCUT2D eigenvalue weighted by molar-refractivity contribution is 7.89. The van der Waals surface area contributed by atoms with E-state index in [-0.39, 0.29) is 10.9 Å². The zero-order valence-corrected chi connectivity index (χ0v) is 21.1. The molecule has 8 nitrogen and oxygen atoms in total. The van der Waals surface area contributed by atoms with Crippen molar-refractivity contribution in [3.8, 4) is 0 Å². The Hall–Kier alpha value is -2.40. The van der Waals surface area contributed by atoms with Crippen molar-refractivity contribution in [3.05, 3.63) is 46.7 Å². The standard InChI is InChI=1S/C23H32N6O2S2/c1-5-25-18(2)26-23(24-3)27-19-10-12-22(13-11-19)33(30,31)28(4)20-8-6-14-29(16-20)17-21-9-7-15-32-21/h7,9-13,15,20H,3,5-6,8,14,16-17H2,1-2,4H3,(H,25,26,27). The summed E-state index contributed by atoms with van der Waals surface area (Å²) >= 11 is 1.74. The average Bonchev–Trinajstić information content (AvgIpc) is 3.32. The van der Waals surface area contributed by atoms with E-state index in [1.807, 2.05) is 6.92 Å². The predicted molar refractivity (Wildman–Crippen MR) is 138 cm³/mol. The van der Waals surface area contributed by atoms with Crippen LogP contribution in [0.4, 0.5) is 5.69 Å². The minimum absolute atomic E-state index is 0.0500. The first-order valence-corrected chi connectivity index (χ1v) is 13.3. The number of aliphatic imine (C=N–C) groups is 3. The number of likely N-dealkylation sites (tertiary alicyclic amines) is 1. The van der Waals surface area contributed by atoms with E-state index < -0.39 is 10.0 Å². The summed E-state index contributed by atoms with van der Waals surface area (Å²) in [5.74, 6) is 0.902. The third-order valence-corrected chi connectivity index (χ3v) is 8.33. The Morgan fingerprint density at radius 3 is 2.70 bits per heavy atom. The molecule has 2 aromatic rings. The van der Waals surface area contributed by atoms with Gasteiger partial charge >= 0.3 is 0 Å². The SMILES string of the molecule is C=NC(=NC(C)=NCC)Nc1ccc(S(=O)(=O)N(C)C2CCCN(Cc3cccs3)C2)cc1. The zero-order valence-electron chi connectivity index (χ0n) is 19.4. The van der Waals surface area contributed by atoms with E-state index in [2.05, 4.69) is 49.4 Å². The molecule has 1 aliphatic heterocycles. The maximum atomic E-state index is 13.3. The number of amidine groups is 1. The first-order chi connectivity index (χ1) is 15.8. The van der Waals surface area contributed by atoms with Crippen LogP contribution in [0.2, 0.25) is 0 Å². The smallest absolute Gasteiger partial charge is 0.243 e. The minimum atomic E-state index is -3.60. The molecule has 0 aliphatic carbocycles. The number of rotatable bonds is 7. The minimum Gasteiger partial charge on any atom is -0.324 e. The molecule has 1 saturated heterocycles. The molecule has 0 radical (unpaired) electrons. The van der Waals surface area contributed by atoms with Crippen molar-refractivity contribution in [1.29, 1.82) is 0 Å². The molecule has 1 unspecified atom stereocenters. The third kappa shape index (κ3) is 6.80. The number of hydrogen-bond acceptors (Lipinski definition) is 5. The van der Waals surface area contributed by atoms with Crippen LogP contribution < -0.4 is 5.32 Å². The van der Waals surface area contributed by atoms with E-state index in [9.17, 15) is 8.42 Å². The molecule has 0 spiro atoms. The van der Waals surface area contributed by atoms with Crippen LogP contribution in [0, 0.1) is 0 Å². The largest absolute Gasteiger partial charge is 0.324 e. The van der Waals surface area contributed by atoms with Crippen molar-refractivity contribution in [2.24, 2.45) is 15.0 Å². The van der Waals surface area contributed by atoms with Crippen LogP contribution in [-0.2, 0) is 16.6 Å². The molecule has 2 heterocycles. The summed E-state index contributed by atoms with van der Waals surface area (Å²) in [5.41, 5.74) is 0.673. The lowest BCUT2D eigenvalue weighted by Gasteiger charge is -2.36. The van der Waals surface area contributed by atoms with Crippen molar-refractivity contribution in [1.82, 2.24) is 9.21 Å². The molecule has 0 saturated carbocycles. The lowest BCUT2D eigenvalue weighted by Crippen LogP contribution is -2.48. The van der Waals surface area contributed by atoms with E-state index in [4.69, 9.17) is 0 Å². The topological polar surface area (TPSA) is 89.7 Å². The molecular formula is C23H32N6O2S2. The number of likely N-dealkylation sites (N-methyl/N-ethyl adjacent to an activating group) is 1. The van der Waals surface area contributed by atoms with Gasteiger partial charge in [-0.05, 0) is 75.7 Å². The van der Waals surface area contributed by atoms with Crippen LogP contribution in [0.1, 0.15) is 31.6 Å². The van der Waals surface area contributed by atoms with Gasteiger partial charge in [0.05, 0.1) is 4.90 Å². The molecule has 1 aromatic carbocycles. The quantitative estimate of drug-likeness (QED) is 0.472. The Kier molecular flexibility index (Phi) is 8.90. The van der Waals surface area contributed by atoms with Gasteiger partial charge in [-0.3, -0.25) is 9.89 Å². The number of nitrogens with one attached hydrogen (secondary N) is 1. The van der Waals surface area contributed by atoms with E-state index in [0.29, 0.717) is 24.0 Å². The second kappa shape index (κ2) is 11.6. The molecule has 10 heteroatoms. The van der Waals surface area contributed by atoms with Crippen LogP contribution >= 0.6 is 11.3 Å². The Morgan fingerprint density at radius 2 is 2.06 bits per heavy atom. The van der Waals surface area contributed by atoms with Crippen molar-refractivity contribution >= 4 is 45.6 Å². The number of nitrogens with zero attached hydrogens (tertiary/aromatic N) is 5. The summed E-state index contributed by atoms with van der Waals surface area (Å²) in [6, 6.07) is 10.7. The van der Waals surface area contributed by atoms with E-state index in [1.165, 1.54) is 9.18 Å². The number of anilines is 1. The number of sulfonamides is 1. The molecule has 1 aromatic heterocycles. The van der Waals surface area contributed by atoms with Crippen LogP contribution in [0.3, 0.4) is 0 Å². The second-order valence-electron chi connectivity index (χ2n) is 7.90. The van der Waals surface area contributed by atoms with Crippen LogP contribution in [0.5, 0.6) is 0 Å². The van der Waals surface area contributed by atoms with Crippen LogP contribution in [0.15, 0.2) is 61.7 Å². The lowest BCUT2D eigenvalue weighted by molar-refractivity contribution is 0.154. The Balaban J connectivity index is 1.67. The maximum Gasteiger partial charge on any atom is 0.243 e. The molecule has 178 valence electrons. The molecule has 0 bridgehead atoms. The fraction of sp³-hybridized carbons (Fsp3) is 0.435. The van der Waals surface area contributed by atoms with Gasteiger partial charge < -0.3 is 5.32 Å². The summed E-state index contributed by atoms with van der Waals surface area (Å²) in [6.45, 7) is 10.5. The molecule has 3 rings (SSSR count). The van der Waals surface area contributed by atoms with Gasteiger partial charge in [-0.25, -0.2) is 13.4 Å². The summed E-state index contributed by atoms with van der Waals surface area (Å²) in [5, 5.41) is 5.12. The lowest BCUT2D eigenvalue weighted by atomic mass is 10.1. The Labute approximate surface area is 200 Å². The first kappa shape index (κ1) is 25.2. The van der Waals surface area contributed by atoms with Gasteiger partial charge in [0.2, 0.25) is 16.0 Å². The zero-order chi connectivity index (χ0) is 23.8. The number of benzene rings is 1. The van der Waals surface area contributed by atoms with Crippen LogP contribution in [-0.4, -0.2) is 68.9 Å². The van der Waals surface area contributed by atoms with Crippen molar-refractivity contribution in [2.75, 3.05) is 32.0 Å². The summed E-state index contributed by atoms with van der Waals surface area (Å²) < 4.78 is 28.1. The Morgan fingerprint density at radius 1 is 1.30 bits per heavy atom. The number of piperidine rings is 1. The molecule has 1 aliphatic rings. The van der Waals surface area contributed by atoms with Gasteiger partial charge in [0, 0.05) is 43.3 Å². The second-order valence-corrected chi connectivity index (χ2v) is 10.9. The highest BCUT2D eigenvalue weighted by atomic mass is 32.2. The fourth-order valence-electron chi connectivity index (χ4n) is 3.82. The summed E-state index contributed by atoms with van der Waals surface area (Å²) in [6.07, 6.45) is 1.84. The molecule has 0 amide bonds. The first-order valence-electron chi connectivity index (χ1n) is 11.0. The Bertz CT molecular complexity index is 1080. The monoisotopic (exact) mass is 488 g/mol. The number of thiophene rings is 1. The molecular weight excluding hydrogens is 456 g/mol. The number of guanidine groups is 1. The fourth-order valence-corrected chi connectivity index (χ4v) is 5.94. The van der Waals surface area contributed by atoms with Gasteiger partial charge in [-0.15, -0.1) is 11.3 Å². The third-order valence-electron chi connectivity index (χ3n) is 5.55. The highest BCUT2D eigenvalue weighted by Gasteiger charge is 2.31.